The highest BCUT2D eigenvalue weighted by molar-refractivity contribution is 5.74. The fourth-order valence-electron chi connectivity index (χ4n) is 4.07. The van der Waals surface area contributed by atoms with Gasteiger partial charge in [0.1, 0.15) is 5.82 Å². The third-order valence-corrected chi connectivity index (χ3v) is 5.39. The van der Waals surface area contributed by atoms with E-state index in [1.807, 2.05) is 23.2 Å². The molecule has 6 nitrogen and oxygen atoms in total. The van der Waals surface area contributed by atoms with E-state index in [0.717, 1.165) is 56.7 Å². The molecule has 144 valence electrons. The Morgan fingerprint density at radius 2 is 2.11 bits per heavy atom. The maximum absolute atomic E-state index is 13.5. The van der Waals surface area contributed by atoms with Crippen molar-refractivity contribution >= 4 is 6.03 Å². The summed E-state index contributed by atoms with van der Waals surface area (Å²) in [5, 5.41) is 7.52. The van der Waals surface area contributed by atoms with Crippen LogP contribution in [0, 0.1) is 5.82 Å². The van der Waals surface area contributed by atoms with Crippen LogP contribution in [0.5, 0.6) is 0 Å². The van der Waals surface area contributed by atoms with Gasteiger partial charge in [-0.25, -0.2) is 9.18 Å². The van der Waals surface area contributed by atoms with Gasteiger partial charge in [-0.3, -0.25) is 9.58 Å². The van der Waals surface area contributed by atoms with Gasteiger partial charge >= 0.3 is 6.03 Å². The third kappa shape index (κ3) is 4.30. The normalized spacial score (nSPS) is 19.9. The van der Waals surface area contributed by atoms with Gasteiger partial charge in [0.05, 0.1) is 11.7 Å². The standard InChI is InChI=1S/C20H26FN5O/c21-17-5-3-4-16(12-17)13-24-14-18(26-19(15-24)7-9-23-26)6-8-22-20(27)25-10-1-2-11-25/h3-5,7,9,12,18H,1-2,6,8,10-11,13-15H2,(H,22,27)/t18-/m0/s1. The largest absolute Gasteiger partial charge is 0.338 e. The summed E-state index contributed by atoms with van der Waals surface area (Å²) in [6, 6.07) is 9.06. The molecule has 2 aliphatic rings. The van der Waals surface area contributed by atoms with Crippen molar-refractivity contribution in [2.24, 2.45) is 0 Å². The van der Waals surface area contributed by atoms with Gasteiger partial charge in [0, 0.05) is 45.5 Å². The molecule has 1 atom stereocenters. The number of amides is 2. The number of hydrogen-bond acceptors (Lipinski definition) is 3. The first-order valence-electron chi connectivity index (χ1n) is 9.71. The van der Waals surface area contributed by atoms with E-state index < -0.39 is 0 Å². The molecule has 0 unspecified atom stereocenters. The molecule has 3 heterocycles. The lowest BCUT2D eigenvalue weighted by Crippen LogP contribution is -2.41. The molecule has 0 spiro atoms. The molecule has 0 bridgehead atoms. The van der Waals surface area contributed by atoms with Gasteiger partial charge < -0.3 is 10.2 Å². The van der Waals surface area contributed by atoms with Crippen LogP contribution in [0.3, 0.4) is 0 Å². The Bertz CT molecular complexity index is 786. The molecule has 2 aliphatic heterocycles. The summed E-state index contributed by atoms with van der Waals surface area (Å²) in [7, 11) is 0. The topological polar surface area (TPSA) is 53.4 Å². The van der Waals surface area contributed by atoms with Gasteiger partial charge in [-0.1, -0.05) is 12.1 Å². The van der Waals surface area contributed by atoms with E-state index in [4.69, 9.17) is 0 Å². The number of hydrogen-bond donors (Lipinski definition) is 1. The Morgan fingerprint density at radius 3 is 2.93 bits per heavy atom. The summed E-state index contributed by atoms with van der Waals surface area (Å²) < 4.78 is 15.6. The Labute approximate surface area is 158 Å². The Morgan fingerprint density at radius 1 is 1.26 bits per heavy atom. The van der Waals surface area contributed by atoms with E-state index in [1.165, 1.54) is 6.07 Å². The molecule has 2 amide bonds. The molecule has 7 heteroatoms. The van der Waals surface area contributed by atoms with Crippen LogP contribution in [-0.4, -0.2) is 51.8 Å². The summed E-state index contributed by atoms with van der Waals surface area (Å²) >= 11 is 0. The SMILES string of the molecule is O=C(NCC[C@H]1CN(Cc2cccc(F)c2)Cc2ccnn21)N1CCCC1. The van der Waals surface area contributed by atoms with E-state index in [9.17, 15) is 9.18 Å². The number of rotatable bonds is 5. The number of carbonyl (C=O) groups is 1. The van der Waals surface area contributed by atoms with Gasteiger partial charge in [0.2, 0.25) is 0 Å². The quantitative estimate of drug-likeness (QED) is 0.879. The zero-order chi connectivity index (χ0) is 18.6. The van der Waals surface area contributed by atoms with Crippen LogP contribution in [0.2, 0.25) is 0 Å². The van der Waals surface area contributed by atoms with Gasteiger partial charge in [0.25, 0.3) is 0 Å². The summed E-state index contributed by atoms with van der Waals surface area (Å²) in [6.45, 7) is 4.70. The number of urea groups is 1. The number of fused-ring (bicyclic) bond motifs is 1. The minimum absolute atomic E-state index is 0.0422. The zero-order valence-electron chi connectivity index (χ0n) is 15.5. The average Bonchev–Trinajstić information content (AvgIpc) is 3.33. The van der Waals surface area contributed by atoms with Crippen molar-refractivity contribution < 1.29 is 9.18 Å². The predicted octanol–water partition coefficient (Wildman–Crippen LogP) is 2.77. The summed E-state index contributed by atoms with van der Waals surface area (Å²) in [6.07, 6.45) is 4.86. The zero-order valence-corrected chi connectivity index (χ0v) is 15.5. The second kappa shape index (κ2) is 8.08. The Kier molecular flexibility index (Phi) is 5.38. The van der Waals surface area contributed by atoms with Crippen LogP contribution < -0.4 is 5.32 Å². The fraction of sp³-hybridized carbons (Fsp3) is 0.500. The van der Waals surface area contributed by atoms with Crippen LogP contribution in [-0.2, 0) is 13.1 Å². The van der Waals surface area contributed by atoms with Gasteiger partial charge in [0.15, 0.2) is 0 Å². The van der Waals surface area contributed by atoms with E-state index in [0.29, 0.717) is 13.1 Å². The molecule has 2 aromatic rings. The van der Waals surface area contributed by atoms with Crippen LogP contribution >= 0.6 is 0 Å². The first-order valence-corrected chi connectivity index (χ1v) is 9.71. The Balaban J connectivity index is 1.36. The predicted molar refractivity (Wildman–Crippen MR) is 101 cm³/mol. The first-order chi connectivity index (χ1) is 13.2. The maximum Gasteiger partial charge on any atom is 0.317 e. The average molecular weight is 371 g/mol. The molecule has 4 rings (SSSR count). The lowest BCUT2D eigenvalue weighted by atomic mass is 10.1. The van der Waals surface area contributed by atoms with Crippen molar-refractivity contribution in [2.75, 3.05) is 26.2 Å². The molecule has 0 saturated carbocycles. The lowest BCUT2D eigenvalue weighted by molar-refractivity contribution is 0.160. The van der Waals surface area contributed by atoms with Crippen LogP contribution in [0.25, 0.3) is 0 Å². The second-order valence-corrected chi connectivity index (χ2v) is 7.44. The number of aromatic nitrogens is 2. The van der Waals surface area contributed by atoms with E-state index in [-0.39, 0.29) is 17.9 Å². The van der Waals surface area contributed by atoms with Crippen LogP contribution in [0.1, 0.15) is 36.6 Å². The monoisotopic (exact) mass is 371 g/mol. The van der Waals surface area contributed by atoms with Gasteiger partial charge in [-0.15, -0.1) is 0 Å². The minimum Gasteiger partial charge on any atom is -0.338 e. The number of nitrogens with zero attached hydrogens (tertiary/aromatic N) is 4. The number of likely N-dealkylation sites (tertiary alicyclic amines) is 1. The molecule has 1 fully saturated rings. The molecule has 0 radical (unpaired) electrons. The molecular weight excluding hydrogens is 345 g/mol. The molecule has 1 aromatic heterocycles. The number of carbonyl (C=O) groups excluding carboxylic acids is 1. The second-order valence-electron chi connectivity index (χ2n) is 7.44. The molecule has 1 saturated heterocycles. The van der Waals surface area contributed by atoms with Gasteiger partial charge in [-0.05, 0) is 43.0 Å². The molecule has 0 aliphatic carbocycles. The van der Waals surface area contributed by atoms with Crippen LogP contribution in [0.15, 0.2) is 36.5 Å². The maximum atomic E-state index is 13.5. The fourth-order valence-corrected chi connectivity index (χ4v) is 4.07. The van der Waals surface area contributed by atoms with Crippen molar-refractivity contribution in [3.05, 3.63) is 53.6 Å². The minimum atomic E-state index is -0.198. The van der Waals surface area contributed by atoms with Crippen molar-refractivity contribution in [1.29, 1.82) is 0 Å². The van der Waals surface area contributed by atoms with E-state index in [1.54, 1.807) is 12.1 Å². The summed E-state index contributed by atoms with van der Waals surface area (Å²) in [4.78, 5) is 16.4. The van der Waals surface area contributed by atoms with E-state index in [2.05, 4.69) is 20.0 Å². The highest BCUT2D eigenvalue weighted by Crippen LogP contribution is 2.24. The number of nitrogens with one attached hydrogen (secondary N) is 1. The van der Waals surface area contributed by atoms with Crippen molar-refractivity contribution in [3.63, 3.8) is 0 Å². The Hall–Kier alpha value is -2.41. The smallest absolute Gasteiger partial charge is 0.317 e. The lowest BCUT2D eigenvalue weighted by Gasteiger charge is -2.34. The molecule has 1 aromatic carbocycles. The highest BCUT2D eigenvalue weighted by atomic mass is 19.1. The summed E-state index contributed by atoms with van der Waals surface area (Å²) in [5.74, 6) is -0.198. The highest BCUT2D eigenvalue weighted by Gasteiger charge is 2.26. The van der Waals surface area contributed by atoms with Crippen molar-refractivity contribution in [1.82, 2.24) is 24.9 Å². The molecule has 1 N–H and O–H groups in total. The van der Waals surface area contributed by atoms with Crippen LogP contribution in [0.4, 0.5) is 9.18 Å². The van der Waals surface area contributed by atoms with Crippen molar-refractivity contribution in [3.8, 4) is 0 Å². The third-order valence-electron chi connectivity index (χ3n) is 5.39. The first kappa shape index (κ1) is 18.0. The van der Waals surface area contributed by atoms with E-state index >= 15 is 0 Å². The summed E-state index contributed by atoms with van der Waals surface area (Å²) in [5.41, 5.74) is 2.14. The number of benzene rings is 1. The molecular formula is C20H26FN5O. The van der Waals surface area contributed by atoms with Gasteiger partial charge in [-0.2, -0.15) is 5.10 Å². The van der Waals surface area contributed by atoms with Crippen molar-refractivity contribution in [2.45, 2.75) is 38.4 Å². The number of halogens is 1. The molecule has 27 heavy (non-hydrogen) atoms.